The molecule has 2 aromatic heterocycles. The van der Waals surface area contributed by atoms with Crippen LogP contribution in [0.5, 0.6) is 0 Å². The molecule has 10 rings (SSSR count). The Balaban J connectivity index is 0.00000113. The number of nitrogens with zero attached hydrogens (tertiary/aromatic N) is 4. The first-order valence-corrected chi connectivity index (χ1v) is 24.0. The minimum Gasteiger partial charge on any atom is -0.453 e. The topological polar surface area (TPSA) is 192 Å². The second-order valence-corrected chi connectivity index (χ2v) is 19.7. The number of rotatable bonds is 11. The van der Waals surface area contributed by atoms with Crippen LogP contribution in [0, 0.1) is 17.3 Å². The second-order valence-electron chi connectivity index (χ2n) is 19.7. The summed E-state index contributed by atoms with van der Waals surface area (Å²) in [6.45, 7) is 9.61. The van der Waals surface area contributed by atoms with E-state index in [4.69, 9.17) is 14.5 Å². The van der Waals surface area contributed by atoms with Gasteiger partial charge in [-0.05, 0) is 116 Å². The predicted molar refractivity (Wildman–Crippen MR) is 254 cm³/mol. The molecule has 4 N–H and O–H groups in total. The highest BCUT2D eigenvalue weighted by atomic mass is 19.3. The Kier molecular flexibility index (Phi) is 12.6. The van der Waals surface area contributed by atoms with E-state index in [2.05, 4.69) is 25.6 Å². The molecule has 4 heterocycles. The summed E-state index contributed by atoms with van der Waals surface area (Å²) in [4.78, 5) is 82.0. The molecule has 69 heavy (non-hydrogen) atoms. The van der Waals surface area contributed by atoms with E-state index in [1.807, 2.05) is 62.9 Å². The molecular formula is C52H60F2N8O7. The molecule has 2 saturated heterocycles. The summed E-state index contributed by atoms with van der Waals surface area (Å²) in [5.74, 6) is -2.08. The molecule has 4 fully saturated rings. The average Bonchev–Trinajstić information content (AvgIpc) is 4.01. The molecule has 6 atom stereocenters. The van der Waals surface area contributed by atoms with Crippen LogP contribution in [0.15, 0.2) is 60.8 Å². The van der Waals surface area contributed by atoms with Gasteiger partial charge in [0.15, 0.2) is 0 Å². The zero-order valence-electron chi connectivity index (χ0n) is 40.1. The smallest absolute Gasteiger partial charge is 0.407 e. The number of Topliss-reactive ketones (excluding diaryl/α,β-unsaturated/α-hetero) is 1. The fourth-order valence-corrected chi connectivity index (χ4v) is 10.9. The lowest BCUT2D eigenvalue weighted by molar-refractivity contribution is -0.139. The average molecular weight is 947 g/mol. The summed E-state index contributed by atoms with van der Waals surface area (Å²) in [6.07, 6.45) is 6.83. The molecule has 2 aliphatic heterocycles. The van der Waals surface area contributed by atoms with Gasteiger partial charge in [0, 0.05) is 35.7 Å². The maximum Gasteiger partial charge on any atom is 0.407 e. The Morgan fingerprint density at radius 1 is 0.841 bits per heavy atom. The number of amides is 4. The summed E-state index contributed by atoms with van der Waals surface area (Å²) >= 11 is 0. The molecule has 3 aromatic carbocycles. The number of benzene rings is 3. The van der Waals surface area contributed by atoms with Gasteiger partial charge in [-0.15, -0.1) is 0 Å². The number of methoxy groups -OCH3 is 2. The van der Waals surface area contributed by atoms with Crippen molar-refractivity contribution in [3.8, 4) is 33.5 Å². The largest absolute Gasteiger partial charge is 0.453 e. The van der Waals surface area contributed by atoms with Crippen molar-refractivity contribution < 1.29 is 42.2 Å². The maximum absolute atomic E-state index is 16.6. The van der Waals surface area contributed by atoms with Crippen LogP contribution in [0.4, 0.5) is 18.4 Å². The van der Waals surface area contributed by atoms with Crippen LogP contribution in [0.25, 0.3) is 44.5 Å². The molecule has 5 aromatic rings. The van der Waals surface area contributed by atoms with E-state index in [0.717, 1.165) is 49.6 Å². The Morgan fingerprint density at radius 2 is 1.48 bits per heavy atom. The molecule has 6 unspecified atom stereocenters. The summed E-state index contributed by atoms with van der Waals surface area (Å²) in [6, 6.07) is 13.8. The van der Waals surface area contributed by atoms with Crippen LogP contribution in [0.1, 0.15) is 121 Å². The lowest BCUT2D eigenvalue weighted by Gasteiger charge is -2.37. The van der Waals surface area contributed by atoms with Gasteiger partial charge in [-0.1, -0.05) is 58.0 Å². The molecule has 15 nitrogen and oxygen atoms in total. The van der Waals surface area contributed by atoms with Crippen LogP contribution in [0.2, 0.25) is 0 Å². The van der Waals surface area contributed by atoms with Crippen LogP contribution >= 0.6 is 0 Å². The molecule has 17 heteroatoms. The second kappa shape index (κ2) is 18.3. The van der Waals surface area contributed by atoms with Crippen molar-refractivity contribution in [1.82, 2.24) is 40.4 Å². The summed E-state index contributed by atoms with van der Waals surface area (Å²) in [5, 5.41) is 5.38. The monoisotopic (exact) mass is 946 g/mol. The van der Waals surface area contributed by atoms with Crippen molar-refractivity contribution in [3.05, 3.63) is 83.6 Å². The van der Waals surface area contributed by atoms with E-state index in [0.29, 0.717) is 64.5 Å². The first-order chi connectivity index (χ1) is 33.0. The van der Waals surface area contributed by atoms with E-state index in [9.17, 15) is 24.0 Å². The van der Waals surface area contributed by atoms with Gasteiger partial charge in [0.2, 0.25) is 11.8 Å². The number of hydrogen-bond acceptors (Lipinski definition) is 9. The van der Waals surface area contributed by atoms with Gasteiger partial charge >= 0.3 is 12.2 Å². The lowest BCUT2D eigenvalue weighted by atomic mass is 9.95. The number of ketones is 1. The predicted octanol–water partition coefficient (Wildman–Crippen LogP) is 9.35. The fourth-order valence-electron chi connectivity index (χ4n) is 10.9. The number of likely N-dealkylation sites (tertiary alicyclic amines) is 2. The van der Waals surface area contributed by atoms with Crippen molar-refractivity contribution in [2.75, 3.05) is 20.8 Å². The van der Waals surface area contributed by atoms with Gasteiger partial charge in [-0.2, -0.15) is 8.78 Å². The van der Waals surface area contributed by atoms with Crippen molar-refractivity contribution in [1.29, 1.82) is 0 Å². The molecule has 3 aliphatic carbocycles. The maximum atomic E-state index is 16.6. The Hall–Kier alpha value is -6.65. The highest BCUT2D eigenvalue weighted by molar-refractivity contribution is 5.89. The number of ether oxygens (including phenoxy) is 2. The number of carbonyl (C=O) groups is 5. The van der Waals surface area contributed by atoms with E-state index >= 15 is 8.78 Å². The zero-order valence-corrected chi connectivity index (χ0v) is 40.1. The van der Waals surface area contributed by atoms with Crippen LogP contribution in [-0.2, 0) is 29.8 Å². The third-order valence-corrected chi connectivity index (χ3v) is 15.0. The Morgan fingerprint density at radius 3 is 2.12 bits per heavy atom. The third-order valence-electron chi connectivity index (χ3n) is 15.0. The molecule has 5 aliphatic rings. The number of fused-ring (bicyclic) bond motifs is 6. The minimum absolute atomic E-state index is 0.0208. The molecule has 364 valence electrons. The highest BCUT2D eigenvalue weighted by Gasteiger charge is 2.55. The van der Waals surface area contributed by atoms with E-state index in [-0.39, 0.29) is 64.1 Å². The van der Waals surface area contributed by atoms with E-state index in [1.165, 1.54) is 20.3 Å². The molecule has 4 amide bonds. The van der Waals surface area contributed by atoms with Crippen LogP contribution < -0.4 is 10.6 Å². The number of aromatic nitrogens is 4. The number of piperidine rings is 1. The number of nitrogens with one attached hydrogen (secondary N) is 4. The van der Waals surface area contributed by atoms with E-state index < -0.39 is 30.2 Å². The van der Waals surface area contributed by atoms with E-state index in [1.54, 1.807) is 36.2 Å². The first kappa shape index (κ1) is 47.4. The first-order valence-electron chi connectivity index (χ1n) is 24.0. The minimum atomic E-state index is -3.28. The van der Waals surface area contributed by atoms with Crippen molar-refractivity contribution in [2.24, 2.45) is 17.3 Å². The standard InChI is InChI=1S/C48H52F2N8O6.C4H8O/c1-6-34(55-45(61)63-4)43(59)57-23-47(15-16-47)21-38(57)41-51-22-37(54-41)27-9-13-31-30-12-8-25(18-32(30)48(49,50)33(31)19-27)26-10-14-35-36(20-26)53-42(52-35)40-28-7-11-29(17-28)58(40)44(60)39(24(2)3)56-46(62)64-5;1-3-4(2)5/h8-10,12-14,18-20,22,24,28-29,34,38-40H,6-7,11,15-17,21,23H2,1-5H3,(H,51,54)(H,52,53)(H,55,61)(H,56,62);3H2,1-2H3. The summed E-state index contributed by atoms with van der Waals surface area (Å²) in [7, 11) is 2.54. The van der Waals surface area contributed by atoms with Crippen LogP contribution in [-0.4, -0.2) is 98.4 Å². The Labute approximate surface area is 399 Å². The van der Waals surface area contributed by atoms with Gasteiger partial charge < -0.3 is 44.7 Å². The molecule has 1 spiro atoms. The van der Waals surface area contributed by atoms with Crippen molar-refractivity contribution in [2.45, 2.75) is 122 Å². The van der Waals surface area contributed by atoms with Crippen molar-refractivity contribution in [3.63, 3.8) is 0 Å². The van der Waals surface area contributed by atoms with Gasteiger partial charge in [0.05, 0.1) is 49.2 Å². The molecule has 2 bridgehead atoms. The number of alkyl halides is 2. The number of H-pyrrole nitrogens is 2. The number of halogens is 2. The normalized spacial score (nSPS) is 21.9. The molecular weight excluding hydrogens is 887 g/mol. The number of hydrogen-bond donors (Lipinski definition) is 4. The molecule has 2 saturated carbocycles. The van der Waals surface area contributed by atoms with Gasteiger partial charge in [0.1, 0.15) is 29.5 Å². The Bertz CT molecular complexity index is 2840. The lowest BCUT2D eigenvalue weighted by Crippen LogP contribution is -2.54. The number of aromatic amines is 2. The third kappa shape index (κ3) is 8.73. The zero-order chi connectivity index (χ0) is 49.1. The van der Waals surface area contributed by atoms with Gasteiger partial charge in [-0.25, -0.2) is 19.6 Å². The highest BCUT2D eigenvalue weighted by Crippen LogP contribution is 2.59. The summed E-state index contributed by atoms with van der Waals surface area (Å²) in [5.41, 5.74) is 4.70. The van der Waals surface area contributed by atoms with Gasteiger partial charge in [-0.3, -0.25) is 9.59 Å². The number of carbonyl (C=O) groups excluding carboxylic acids is 5. The SMILES string of the molecule is CCC(C)=O.CCC(NC(=O)OC)C(=O)N1CC2(CC2)CC1c1ncc(-c2ccc3c(c2)C(F)(F)c2cc(-c4ccc5nc(C6C7CCC(C7)N6C(=O)C(NC(=O)OC)C(C)C)[nH]c5c4)ccc2-3)[nH]1. The number of imidazole rings is 2. The quantitative estimate of drug-likeness (QED) is 0.0999. The summed E-state index contributed by atoms with van der Waals surface area (Å²) < 4.78 is 42.9. The molecule has 0 radical (unpaired) electrons. The van der Waals surface area contributed by atoms with Gasteiger partial charge in [0.25, 0.3) is 5.92 Å². The van der Waals surface area contributed by atoms with Crippen molar-refractivity contribution >= 4 is 40.8 Å². The number of alkyl carbamates (subject to hydrolysis) is 2. The van der Waals surface area contributed by atoms with Crippen LogP contribution in [0.3, 0.4) is 0 Å². The fraction of sp³-hybridized carbons (Fsp3) is 0.481.